The number of fused-ring (bicyclic) bond motifs is 1. The van der Waals surface area contributed by atoms with Crippen LogP contribution in [0.3, 0.4) is 0 Å². The van der Waals surface area contributed by atoms with Crippen molar-refractivity contribution in [2.45, 2.75) is 23.8 Å². The van der Waals surface area contributed by atoms with E-state index in [0.29, 0.717) is 5.92 Å². The van der Waals surface area contributed by atoms with Crippen molar-refractivity contribution in [1.29, 1.82) is 0 Å². The molecule has 0 amide bonds. The summed E-state index contributed by atoms with van der Waals surface area (Å²) in [4.78, 5) is 1.33. The predicted molar refractivity (Wildman–Crippen MR) is 60.1 cm³/mol. The maximum atomic E-state index is 5.94. The summed E-state index contributed by atoms with van der Waals surface area (Å²) in [5.41, 5.74) is 7.32. The van der Waals surface area contributed by atoms with Gasteiger partial charge >= 0.3 is 0 Å². The molecule has 1 aliphatic heterocycles. The Morgan fingerprint density at radius 3 is 3.00 bits per heavy atom. The number of methoxy groups -OCH3 is 1. The summed E-state index contributed by atoms with van der Waals surface area (Å²) in [5.74, 6) is 2.53. The Labute approximate surface area is 88.8 Å². The van der Waals surface area contributed by atoms with Crippen LogP contribution in [0.2, 0.25) is 0 Å². The third-order valence-electron chi connectivity index (χ3n) is 2.67. The first kappa shape index (κ1) is 9.87. The van der Waals surface area contributed by atoms with Crippen LogP contribution in [-0.4, -0.2) is 18.9 Å². The zero-order valence-corrected chi connectivity index (χ0v) is 9.30. The van der Waals surface area contributed by atoms with Crippen molar-refractivity contribution in [3.8, 4) is 5.75 Å². The topological polar surface area (TPSA) is 35.2 Å². The first-order valence-corrected chi connectivity index (χ1v) is 5.77. The number of nitrogens with two attached hydrogens (primary N) is 1. The molecule has 2 nitrogen and oxygen atoms in total. The molecule has 2 rings (SSSR count). The maximum absolute atomic E-state index is 5.94. The SMILES string of the molecule is COc1ccc2c(c1)SCC2C(C)N. The second-order valence-electron chi connectivity index (χ2n) is 3.68. The van der Waals surface area contributed by atoms with Crippen molar-refractivity contribution in [2.75, 3.05) is 12.9 Å². The Kier molecular flexibility index (Phi) is 2.70. The molecule has 2 unspecified atom stereocenters. The molecule has 14 heavy (non-hydrogen) atoms. The number of ether oxygens (including phenoxy) is 1. The van der Waals surface area contributed by atoms with Crippen LogP contribution in [-0.2, 0) is 0 Å². The van der Waals surface area contributed by atoms with Gasteiger partial charge in [-0.15, -0.1) is 11.8 Å². The Morgan fingerprint density at radius 1 is 1.57 bits per heavy atom. The van der Waals surface area contributed by atoms with Crippen molar-refractivity contribution in [3.63, 3.8) is 0 Å². The number of thioether (sulfide) groups is 1. The van der Waals surface area contributed by atoms with E-state index in [1.54, 1.807) is 7.11 Å². The van der Waals surface area contributed by atoms with Gasteiger partial charge in [0.15, 0.2) is 0 Å². The van der Waals surface area contributed by atoms with Crippen LogP contribution in [0.1, 0.15) is 18.4 Å². The second-order valence-corrected chi connectivity index (χ2v) is 4.74. The standard InChI is InChI=1S/C11H15NOS/c1-7(12)10-6-14-11-5-8(13-2)3-4-9(10)11/h3-5,7,10H,6,12H2,1-2H3. The molecular formula is C11H15NOS. The van der Waals surface area contributed by atoms with Gasteiger partial charge in [-0.05, 0) is 24.6 Å². The summed E-state index contributed by atoms with van der Waals surface area (Å²) < 4.78 is 5.19. The zero-order chi connectivity index (χ0) is 10.1. The van der Waals surface area contributed by atoms with E-state index < -0.39 is 0 Å². The largest absolute Gasteiger partial charge is 0.497 e. The summed E-state index contributed by atoms with van der Waals surface area (Å²) in [7, 11) is 1.70. The highest BCUT2D eigenvalue weighted by Gasteiger charge is 2.26. The maximum Gasteiger partial charge on any atom is 0.119 e. The summed E-state index contributed by atoms with van der Waals surface area (Å²) in [6.45, 7) is 2.07. The monoisotopic (exact) mass is 209 g/mol. The minimum Gasteiger partial charge on any atom is -0.497 e. The molecule has 3 heteroatoms. The lowest BCUT2D eigenvalue weighted by molar-refractivity contribution is 0.413. The highest BCUT2D eigenvalue weighted by atomic mass is 32.2. The van der Waals surface area contributed by atoms with E-state index in [0.717, 1.165) is 11.5 Å². The van der Waals surface area contributed by atoms with Gasteiger partial charge < -0.3 is 10.5 Å². The van der Waals surface area contributed by atoms with Gasteiger partial charge in [-0.1, -0.05) is 6.07 Å². The Bertz CT molecular complexity index is 338. The summed E-state index contributed by atoms with van der Waals surface area (Å²) in [5, 5.41) is 0. The van der Waals surface area contributed by atoms with Crippen molar-refractivity contribution in [1.82, 2.24) is 0 Å². The summed E-state index contributed by atoms with van der Waals surface area (Å²) >= 11 is 1.87. The Balaban J connectivity index is 2.33. The third-order valence-corrected chi connectivity index (χ3v) is 3.86. The highest BCUT2D eigenvalue weighted by molar-refractivity contribution is 7.99. The Morgan fingerprint density at radius 2 is 2.36 bits per heavy atom. The molecule has 1 aliphatic rings. The molecule has 0 radical (unpaired) electrons. The molecule has 0 saturated heterocycles. The van der Waals surface area contributed by atoms with Crippen molar-refractivity contribution in [3.05, 3.63) is 23.8 Å². The number of rotatable bonds is 2. The lowest BCUT2D eigenvalue weighted by atomic mass is 9.95. The Hall–Kier alpha value is -0.670. The number of hydrogen-bond acceptors (Lipinski definition) is 3. The molecule has 0 saturated carbocycles. The van der Waals surface area contributed by atoms with Gasteiger partial charge in [-0.25, -0.2) is 0 Å². The smallest absolute Gasteiger partial charge is 0.119 e. The first-order chi connectivity index (χ1) is 6.72. The van der Waals surface area contributed by atoms with E-state index in [2.05, 4.69) is 19.1 Å². The van der Waals surface area contributed by atoms with E-state index in [9.17, 15) is 0 Å². The zero-order valence-electron chi connectivity index (χ0n) is 8.49. The molecule has 76 valence electrons. The molecule has 2 N–H and O–H groups in total. The predicted octanol–water partition coefficient (Wildman–Crippen LogP) is 2.23. The number of hydrogen-bond donors (Lipinski definition) is 1. The minimum atomic E-state index is 0.233. The van der Waals surface area contributed by atoms with Crippen LogP contribution in [0.15, 0.2) is 23.1 Å². The average Bonchev–Trinajstić information content (AvgIpc) is 2.59. The molecule has 1 aromatic carbocycles. The molecule has 2 atom stereocenters. The van der Waals surface area contributed by atoms with E-state index >= 15 is 0 Å². The fraction of sp³-hybridized carbons (Fsp3) is 0.455. The van der Waals surface area contributed by atoms with Gasteiger partial charge in [-0.3, -0.25) is 0 Å². The van der Waals surface area contributed by atoms with Gasteiger partial charge in [0.05, 0.1) is 7.11 Å². The lowest BCUT2D eigenvalue weighted by Gasteiger charge is -2.14. The van der Waals surface area contributed by atoms with Gasteiger partial charge in [0.2, 0.25) is 0 Å². The molecule has 0 fully saturated rings. The summed E-state index contributed by atoms with van der Waals surface area (Å²) in [6.07, 6.45) is 0. The van der Waals surface area contributed by atoms with Crippen LogP contribution in [0, 0.1) is 0 Å². The van der Waals surface area contributed by atoms with E-state index in [4.69, 9.17) is 10.5 Å². The van der Waals surface area contributed by atoms with Gasteiger partial charge in [-0.2, -0.15) is 0 Å². The van der Waals surface area contributed by atoms with E-state index in [1.807, 2.05) is 17.8 Å². The fourth-order valence-electron chi connectivity index (χ4n) is 1.78. The highest BCUT2D eigenvalue weighted by Crippen LogP contribution is 2.42. The van der Waals surface area contributed by atoms with Gasteiger partial charge in [0.1, 0.15) is 5.75 Å². The first-order valence-electron chi connectivity index (χ1n) is 4.78. The van der Waals surface area contributed by atoms with Crippen molar-refractivity contribution < 1.29 is 4.74 Å². The number of benzene rings is 1. The average molecular weight is 209 g/mol. The molecule has 0 aromatic heterocycles. The van der Waals surface area contributed by atoms with Crippen LogP contribution in [0.4, 0.5) is 0 Å². The van der Waals surface area contributed by atoms with Gasteiger partial charge in [0, 0.05) is 22.6 Å². The van der Waals surface area contributed by atoms with Crippen LogP contribution >= 0.6 is 11.8 Å². The normalized spacial score (nSPS) is 21.8. The van der Waals surface area contributed by atoms with Crippen molar-refractivity contribution in [2.24, 2.45) is 5.73 Å². The second kappa shape index (κ2) is 3.83. The van der Waals surface area contributed by atoms with Crippen LogP contribution < -0.4 is 10.5 Å². The molecule has 1 aromatic rings. The molecule has 0 aliphatic carbocycles. The fourth-order valence-corrected chi connectivity index (χ4v) is 3.21. The van der Waals surface area contributed by atoms with Crippen molar-refractivity contribution >= 4 is 11.8 Å². The van der Waals surface area contributed by atoms with E-state index in [-0.39, 0.29) is 6.04 Å². The van der Waals surface area contributed by atoms with E-state index in [1.165, 1.54) is 10.5 Å². The third kappa shape index (κ3) is 1.62. The molecule has 0 bridgehead atoms. The van der Waals surface area contributed by atoms with Crippen LogP contribution in [0.5, 0.6) is 5.75 Å². The van der Waals surface area contributed by atoms with Crippen LogP contribution in [0.25, 0.3) is 0 Å². The summed E-state index contributed by atoms with van der Waals surface area (Å²) in [6, 6.07) is 6.49. The van der Waals surface area contributed by atoms with Gasteiger partial charge in [0.25, 0.3) is 0 Å². The molecule has 1 heterocycles. The lowest BCUT2D eigenvalue weighted by Crippen LogP contribution is -2.24. The minimum absolute atomic E-state index is 0.233. The molecule has 0 spiro atoms. The quantitative estimate of drug-likeness (QED) is 0.811. The molecular weight excluding hydrogens is 194 g/mol.